The van der Waals surface area contributed by atoms with Crippen LogP contribution < -0.4 is 0 Å². The van der Waals surface area contributed by atoms with Gasteiger partial charge >= 0.3 is 18.0 Å². The molecule has 1 saturated carbocycles. The first-order valence-corrected chi connectivity index (χ1v) is 26.6. The van der Waals surface area contributed by atoms with Crippen molar-refractivity contribution in [2.75, 3.05) is 41.9 Å². The van der Waals surface area contributed by atoms with E-state index in [0.29, 0.717) is 72.8 Å². The van der Waals surface area contributed by atoms with Gasteiger partial charge in [-0.15, -0.1) is 0 Å². The number of piperidine rings is 1. The maximum atomic E-state index is 14.6. The van der Waals surface area contributed by atoms with Gasteiger partial charge in [0.2, 0.25) is 5.79 Å². The Labute approximate surface area is 442 Å². The van der Waals surface area contributed by atoms with Crippen molar-refractivity contribution in [3.63, 3.8) is 0 Å². The van der Waals surface area contributed by atoms with E-state index in [1.54, 1.807) is 65.0 Å². The van der Waals surface area contributed by atoms with Crippen LogP contribution in [-0.2, 0) is 52.6 Å². The lowest BCUT2D eigenvalue weighted by Gasteiger charge is -2.43. The molecule has 4 N–H and O–H groups in total. The van der Waals surface area contributed by atoms with Crippen molar-refractivity contribution < 1.29 is 78.0 Å². The van der Waals surface area contributed by atoms with Gasteiger partial charge in [-0.2, -0.15) is 5.06 Å². The predicted octanol–water partition coefficient (Wildman–Crippen LogP) is 5.94. The average molecular weight is 1060 g/mol. The summed E-state index contributed by atoms with van der Waals surface area (Å²) in [6.07, 6.45) is 8.81. The fourth-order valence-electron chi connectivity index (χ4n) is 11.0. The van der Waals surface area contributed by atoms with Crippen LogP contribution in [0.15, 0.2) is 47.6 Å². The number of fused-ring (bicyclic) bond motifs is 3. The summed E-state index contributed by atoms with van der Waals surface area (Å²) in [5.74, 6) is -10.7. The molecule has 4 aliphatic rings. The van der Waals surface area contributed by atoms with Gasteiger partial charge in [0.05, 0.1) is 31.2 Å². The monoisotopic (exact) mass is 1060 g/mol. The van der Waals surface area contributed by atoms with Crippen molar-refractivity contribution in [2.45, 2.75) is 174 Å². The average Bonchev–Trinajstić information content (AvgIpc) is 3.36. The number of urea groups is 1. The summed E-state index contributed by atoms with van der Waals surface area (Å²) in [5.41, 5.74) is 0.862. The van der Waals surface area contributed by atoms with Crippen LogP contribution in [0.2, 0.25) is 0 Å². The first-order chi connectivity index (χ1) is 35.2. The number of nitrogens with zero attached hydrogens (tertiary/aromatic N) is 4. The molecule has 0 radical (unpaired) electrons. The lowest BCUT2D eigenvalue weighted by molar-refractivity contribution is -0.306. The summed E-state index contributed by atoms with van der Waals surface area (Å²) in [5, 5.41) is 45.4. The Bertz CT molecular complexity index is 2120. The zero-order valence-electron chi connectivity index (χ0n) is 46.2. The number of methoxy groups -OCH3 is 2. The zero-order chi connectivity index (χ0) is 56.1. The standard InChI is InChI=1S/C55H86N4O16/c1-32-18-14-13-15-19-33(2)43(59(70)54(67)56(8)9)30-40-23-21-38(7)55(68,74-40)50(63)51(64)58-25-17-16-20-42(58)53(66)73-45(35(4)28-39-22-24-41(46(29-39)71-11)52(65)75-57(10)69)31-44(60)34(3)27-37(6)48(62)49(72-12)47(61)36(5)26-32/h13-15,18-19,27,32,34-36,38-43,45-46,48-49,62,68-70H,16-17,20-26,28-31H2,1-12H3/b15-13+,18-14-,33-19+,37-27+/t32-,34-,35-,36-,38-,39+,40+,41-,42+,43-,45+,46-,48-,49+,55-/m1/s1. The van der Waals surface area contributed by atoms with E-state index in [1.807, 2.05) is 19.9 Å². The van der Waals surface area contributed by atoms with Gasteiger partial charge in [-0.1, -0.05) is 71.1 Å². The SMILES string of the molecule is CO[C@@H]1C[C@H](C[C@@H](C)[C@@H]2CC(=O)[C@H](C)/C=C(\C)[C@@H](O)[C@@H](OC)C(=O)[C@H](C)C[C@H](C)\C=C/C=C/C=C(\C)[C@H](N(O)C(=O)N(C)C)C[C@@H]3CC[C@@H](C)[C@@](O)(O3)C(=O)C(=O)N3CCCC[C@H]3C(=O)O2)CC[C@H]1C(=O)ON(C)O. The van der Waals surface area contributed by atoms with Crippen LogP contribution >= 0.6 is 0 Å². The molecule has 0 aromatic carbocycles. The van der Waals surface area contributed by atoms with E-state index in [4.69, 9.17) is 23.8 Å². The highest BCUT2D eigenvalue weighted by atomic mass is 16.9. The molecule has 15 atom stereocenters. The molecule has 0 unspecified atom stereocenters. The minimum Gasteiger partial charge on any atom is -0.460 e. The number of esters is 1. The predicted molar refractivity (Wildman–Crippen MR) is 274 cm³/mol. The number of hydrogen-bond acceptors (Lipinski definition) is 17. The van der Waals surface area contributed by atoms with Crippen molar-refractivity contribution in [3.8, 4) is 0 Å². The summed E-state index contributed by atoms with van der Waals surface area (Å²) in [4.78, 5) is 105. The van der Waals surface area contributed by atoms with E-state index in [9.17, 15) is 54.2 Å². The molecule has 4 rings (SSSR count). The molecule has 20 nitrogen and oxygen atoms in total. The van der Waals surface area contributed by atoms with Gasteiger partial charge in [-0.05, 0) is 112 Å². The largest absolute Gasteiger partial charge is 0.460 e. The van der Waals surface area contributed by atoms with Gasteiger partial charge in [-0.3, -0.25) is 29.6 Å². The van der Waals surface area contributed by atoms with Gasteiger partial charge in [0.15, 0.2) is 5.78 Å². The van der Waals surface area contributed by atoms with Gasteiger partial charge < -0.3 is 43.8 Å². The second-order valence-electron chi connectivity index (χ2n) is 21.8. The highest BCUT2D eigenvalue weighted by molar-refractivity contribution is 6.39. The molecule has 3 heterocycles. The van der Waals surface area contributed by atoms with Crippen LogP contribution in [-0.4, -0.2) is 172 Å². The number of cyclic esters (lactones) is 1. The van der Waals surface area contributed by atoms with E-state index in [2.05, 4.69) is 0 Å². The minimum absolute atomic E-state index is 0.0134. The molecule has 0 spiro atoms. The third-order valence-electron chi connectivity index (χ3n) is 15.7. The third-order valence-corrected chi connectivity index (χ3v) is 15.7. The summed E-state index contributed by atoms with van der Waals surface area (Å²) in [7, 11) is 6.96. The lowest BCUT2D eigenvalue weighted by atomic mass is 9.75. The number of ketones is 3. The van der Waals surface area contributed by atoms with Gasteiger partial charge in [0.25, 0.3) is 11.7 Å². The Kier molecular flexibility index (Phi) is 24.0. The molecule has 3 fully saturated rings. The fourth-order valence-corrected chi connectivity index (χ4v) is 11.0. The summed E-state index contributed by atoms with van der Waals surface area (Å²) >= 11 is 0. The topological polar surface area (TPSA) is 260 Å². The zero-order valence-corrected chi connectivity index (χ0v) is 46.2. The van der Waals surface area contributed by atoms with Crippen molar-refractivity contribution in [2.24, 2.45) is 41.4 Å². The number of carbonyl (C=O) groups is 7. The Balaban J connectivity index is 1.75. The molecule has 1 aliphatic carbocycles. The Hall–Kier alpha value is -4.67. The summed E-state index contributed by atoms with van der Waals surface area (Å²) < 4.78 is 23.7. The van der Waals surface area contributed by atoms with Gasteiger partial charge in [0, 0.05) is 65.5 Å². The molecule has 3 amide bonds. The first-order valence-electron chi connectivity index (χ1n) is 26.6. The Morgan fingerprint density at radius 3 is 2.21 bits per heavy atom. The van der Waals surface area contributed by atoms with E-state index in [1.165, 1.54) is 40.3 Å². The third kappa shape index (κ3) is 16.7. The number of aliphatic hydroxyl groups excluding tert-OH is 1. The Morgan fingerprint density at radius 2 is 1.57 bits per heavy atom. The quantitative estimate of drug-likeness (QED) is 0.0721. The van der Waals surface area contributed by atoms with Crippen molar-refractivity contribution in [1.82, 2.24) is 20.1 Å². The second kappa shape index (κ2) is 28.6. The molecule has 75 heavy (non-hydrogen) atoms. The highest BCUT2D eigenvalue weighted by Crippen LogP contribution is 2.39. The fraction of sp³-hybridized carbons (Fsp3) is 0.727. The number of Topliss-reactive ketones (excluding diaryl/α,β-unsaturated/α-hetero) is 3. The summed E-state index contributed by atoms with van der Waals surface area (Å²) in [6.45, 7) is 12.1. The van der Waals surface area contributed by atoms with Crippen LogP contribution in [0.1, 0.15) is 126 Å². The maximum Gasteiger partial charge on any atom is 0.343 e. The minimum atomic E-state index is -2.63. The van der Waals surface area contributed by atoms with Crippen LogP contribution in [0.3, 0.4) is 0 Å². The van der Waals surface area contributed by atoms with Crippen molar-refractivity contribution in [3.05, 3.63) is 47.6 Å². The molecule has 20 heteroatoms. The summed E-state index contributed by atoms with van der Waals surface area (Å²) in [6, 6.07) is -2.98. The number of amides is 3. The molecule has 2 saturated heterocycles. The van der Waals surface area contributed by atoms with Crippen molar-refractivity contribution in [1.29, 1.82) is 0 Å². The van der Waals surface area contributed by atoms with Crippen LogP contribution in [0.4, 0.5) is 4.79 Å². The maximum absolute atomic E-state index is 14.6. The number of carbonyl (C=O) groups excluding carboxylic acids is 7. The molecule has 2 bridgehead atoms. The van der Waals surface area contributed by atoms with E-state index < -0.39 is 108 Å². The lowest BCUT2D eigenvalue weighted by Crippen LogP contribution is -2.61. The normalized spacial score (nSPS) is 36.5. The smallest absolute Gasteiger partial charge is 0.343 e. The molecule has 0 aromatic rings. The van der Waals surface area contributed by atoms with E-state index in [0.717, 1.165) is 4.90 Å². The van der Waals surface area contributed by atoms with E-state index in [-0.39, 0.29) is 55.6 Å². The molecule has 0 aromatic heterocycles. The molecular formula is C55H86N4O16. The number of aliphatic hydroxyl groups is 2. The van der Waals surface area contributed by atoms with Crippen LogP contribution in [0.25, 0.3) is 0 Å². The molecular weight excluding hydrogens is 973 g/mol. The van der Waals surface area contributed by atoms with Crippen LogP contribution in [0.5, 0.6) is 0 Å². The Morgan fingerprint density at radius 1 is 0.880 bits per heavy atom. The second-order valence-corrected chi connectivity index (χ2v) is 21.8. The number of hydroxylamine groups is 4. The molecule has 3 aliphatic heterocycles. The number of ether oxygens (including phenoxy) is 4. The van der Waals surface area contributed by atoms with Gasteiger partial charge in [0.1, 0.15) is 30.1 Å². The van der Waals surface area contributed by atoms with E-state index >= 15 is 0 Å². The number of rotatable bonds is 8. The van der Waals surface area contributed by atoms with Crippen LogP contribution in [0, 0.1) is 41.4 Å². The number of allylic oxidation sites excluding steroid dienone is 6. The highest BCUT2D eigenvalue weighted by Gasteiger charge is 2.53. The number of hydrogen-bond donors (Lipinski definition) is 4. The first kappa shape index (κ1) is 62.9. The van der Waals surface area contributed by atoms with Crippen molar-refractivity contribution >= 4 is 41.2 Å². The van der Waals surface area contributed by atoms with Gasteiger partial charge in [-0.25, -0.2) is 14.4 Å². The molecule has 422 valence electrons.